The first-order valence-corrected chi connectivity index (χ1v) is 7.88. The van der Waals surface area contributed by atoms with Gasteiger partial charge in [-0.1, -0.05) is 0 Å². The third-order valence-electron chi connectivity index (χ3n) is 4.02. The van der Waals surface area contributed by atoms with Gasteiger partial charge in [-0.3, -0.25) is 9.59 Å². The van der Waals surface area contributed by atoms with E-state index in [1.54, 1.807) is 35.7 Å². The van der Waals surface area contributed by atoms with Crippen molar-refractivity contribution in [2.75, 3.05) is 10.6 Å². The first-order chi connectivity index (χ1) is 12.0. The Morgan fingerprint density at radius 3 is 3.00 bits per heavy atom. The molecule has 1 aromatic carbocycles. The van der Waals surface area contributed by atoms with Crippen LogP contribution >= 0.6 is 0 Å². The van der Waals surface area contributed by atoms with E-state index in [1.807, 2.05) is 25.3 Å². The molecule has 0 aliphatic carbocycles. The number of nitrogens with one attached hydrogen (secondary N) is 2. The Morgan fingerprint density at radius 2 is 2.16 bits per heavy atom. The summed E-state index contributed by atoms with van der Waals surface area (Å²) in [4.78, 5) is 28.5. The lowest BCUT2D eigenvalue weighted by Crippen LogP contribution is -2.34. The van der Waals surface area contributed by atoms with Gasteiger partial charge in [-0.05, 0) is 49.7 Å². The summed E-state index contributed by atoms with van der Waals surface area (Å²) in [6.07, 6.45) is 3.01. The quantitative estimate of drug-likeness (QED) is 0.753. The standard InChI is InChI=1S/C18H16N4O3/c1-10-5-6-22-9-14(20-16(22)7-10)18(24)19-12-3-4-15-13(8-12)21-17(23)11(2)25-15/h3-9,11H,1-2H3,(H,19,24)(H,21,23). The molecule has 1 unspecified atom stereocenters. The van der Waals surface area contributed by atoms with Crippen LogP contribution in [0.1, 0.15) is 23.0 Å². The summed E-state index contributed by atoms with van der Waals surface area (Å²) >= 11 is 0. The van der Waals surface area contributed by atoms with E-state index in [4.69, 9.17) is 4.74 Å². The van der Waals surface area contributed by atoms with Crippen molar-refractivity contribution in [1.82, 2.24) is 9.38 Å². The molecule has 4 rings (SSSR count). The third-order valence-corrected chi connectivity index (χ3v) is 4.02. The molecule has 0 spiro atoms. The van der Waals surface area contributed by atoms with E-state index < -0.39 is 6.10 Å². The fraction of sp³-hybridized carbons (Fsp3) is 0.167. The summed E-state index contributed by atoms with van der Waals surface area (Å²) in [5.41, 5.74) is 3.19. The van der Waals surface area contributed by atoms with Crippen LogP contribution in [0.15, 0.2) is 42.7 Å². The summed E-state index contributed by atoms with van der Waals surface area (Å²) in [6.45, 7) is 3.65. The van der Waals surface area contributed by atoms with Gasteiger partial charge in [-0.2, -0.15) is 0 Å². The molecule has 7 heteroatoms. The zero-order valence-corrected chi connectivity index (χ0v) is 13.7. The lowest BCUT2D eigenvalue weighted by Gasteiger charge is -2.23. The van der Waals surface area contributed by atoms with E-state index in [0.29, 0.717) is 28.5 Å². The SMILES string of the molecule is Cc1ccn2cc(C(=O)Nc3ccc4c(c3)NC(=O)C(C)O4)nc2c1. The van der Waals surface area contributed by atoms with Crippen molar-refractivity contribution < 1.29 is 14.3 Å². The van der Waals surface area contributed by atoms with Crippen LogP contribution in [0.3, 0.4) is 0 Å². The average molecular weight is 336 g/mol. The Bertz CT molecular complexity index is 1010. The third kappa shape index (κ3) is 2.80. The summed E-state index contributed by atoms with van der Waals surface area (Å²) in [5, 5.41) is 5.54. The number of amides is 2. The minimum absolute atomic E-state index is 0.216. The molecular formula is C18H16N4O3. The van der Waals surface area contributed by atoms with E-state index >= 15 is 0 Å². The number of carbonyl (C=O) groups excluding carboxylic acids is 2. The Morgan fingerprint density at radius 1 is 1.32 bits per heavy atom. The maximum Gasteiger partial charge on any atom is 0.275 e. The molecule has 0 fully saturated rings. The van der Waals surface area contributed by atoms with Gasteiger partial charge in [-0.15, -0.1) is 0 Å². The van der Waals surface area contributed by atoms with E-state index in [1.165, 1.54) is 0 Å². The van der Waals surface area contributed by atoms with Crippen LogP contribution in [0.4, 0.5) is 11.4 Å². The Labute approximate surface area is 143 Å². The molecule has 3 heterocycles. The number of aromatic nitrogens is 2. The zero-order chi connectivity index (χ0) is 17.6. The van der Waals surface area contributed by atoms with Crippen molar-refractivity contribution in [2.45, 2.75) is 20.0 Å². The van der Waals surface area contributed by atoms with Crippen molar-refractivity contribution in [3.63, 3.8) is 0 Å². The van der Waals surface area contributed by atoms with Gasteiger partial charge in [0.25, 0.3) is 11.8 Å². The highest BCUT2D eigenvalue weighted by Gasteiger charge is 2.23. The number of aryl methyl sites for hydroxylation is 1. The monoisotopic (exact) mass is 336 g/mol. The number of anilines is 2. The summed E-state index contributed by atoms with van der Waals surface area (Å²) < 4.78 is 7.30. The summed E-state index contributed by atoms with van der Waals surface area (Å²) in [5.74, 6) is 0.0396. The first-order valence-electron chi connectivity index (χ1n) is 7.88. The number of fused-ring (bicyclic) bond motifs is 2. The van der Waals surface area contributed by atoms with E-state index in [2.05, 4.69) is 15.6 Å². The smallest absolute Gasteiger partial charge is 0.275 e. The van der Waals surface area contributed by atoms with Crippen LogP contribution in [0.5, 0.6) is 5.75 Å². The molecule has 0 saturated carbocycles. The number of rotatable bonds is 2. The molecule has 25 heavy (non-hydrogen) atoms. The lowest BCUT2D eigenvalue weighted by molar-refractivity contribution is -0.122. The number of ether oxygens (including phenoxy) is 1. The largest absolute Gasteiger partial charge is 0.479 e. The molecule has 0 bridgehead atoms. The maximum absolute atomic E-state index is 12.4. The van der Waals surface area contributed by atoms with Gasteiger partial charge in [0.2, 0.25) is 0 Å². The fourth-order valence-electron chi connectivity index (χ4n) is 2.67. The second-order valence-corrected chi connectivity index (χ2v) is 6.01. The molecule has 126 valence electrons. The molecule has 2 N–H and O–H groups in total. The lowest BCUT2D eigenvalue weighted by atomic mass is 10.2. The molecule has 2 amide bonds. The van der Waals surface area contributed by atoms with Crippen molar-refractivity contribution in [2.24, 2.45) is 0 Å². The van der Waals surface area contributed by atoms with Gasteiger partial charge in [0.1, 0.15) is 17.1 Å². The first kappa shape index (κ1) is 15.2. The van der Waals surface area contributed by atoms with Crippen molar-refractivity contribution >= 4 is 28.8 Å². The highest BCUT2D eigenvalue weighted by Crippen LogP contribution is 2.32. The Balaban J connectivity index is 1.58. The highest BCUT2D eigenvalue weighted by molar-refractivity contribution is 6.04. The Hall–Kier alpha value is -3.35. The summed E-state index contributed by atoms with van der Waals surface area (Å²) in [6, 6.07) is 8.96. The normalized spacial score (nSPS) is 16.1. The Kier molecular flexibility index (Phi) is 3.42. The fourth-order valence-corrected chi connectivity index (χ4v) is 2.67. The second-order valence-electron chi connectivity index (χ2n) is 6.01. The summed E-state index contributed by atoms with van der Waals surface area (Å²) in [7, 11) is 0. The van der Waals surface area contributed by atoms with Crippen LogP contribution in [-0.4, -0.2) is 27.3 Å². The van der Waals surface area contributed by atoms with E-state index in [-0.39, 0.29) is 11.8 Å². The molecule has 1 aliphatic rings. The van der Waals surface area contributed by atoms with Crippen LogP contribution in [0.2, 0.25) is 0 Å². The van der Waals surface area contributed by atoms with Crippen molar-refractivity contribution in [1.29, 1.82) is 0 Å². The average Bonchev–Trinajstić information content (AvgIpc) is 2.99. The number of hydrogen-bond donors (Lipinski definition) is 2. The molecule has 2 aromatic heterocycles. The number of hydrogen-bond acceptors (Lipinski definition) is 4. The van der Waals surface area contributed by atoms with E-state index in [0.717, 1.165) is 5.56 Å². The van der Waals surface area contributed by atoms with E-state index in [9.17, 15) is 9.59 Å². The molecule has 0 saturated heterocycles. The number of benzene rings is 1. The number of carbonyl (C=O) groups is 2. The minimum Gasteiger partial charge on any atom is -0.479 e. The van der Waals surface area contributed by atoms with Crippen molar-refractivity contribution in [3.05, 3.63) is 54.0 Å². The van der Waals surface area contributed by atoms with Gasteiger partial charge < -0.3 is 19.8 Å². The zero-order valence-electron chi connectivity index (χ0n) is 13.7. The molecule has 1 aliphatic heterocycles. The highest BCUT2D eigenvalue weighted by atomic mass is 16.5. The topological polar surface area (TPSA) is 84.7 Å². The van der Waals surface area contributed by atoms with Crippen LogP contribution in [0, 0.1) is 6.92 Å². The predicted octanol–water partition coefficient (Wildman–Crippen LogP) is 2.61. The number of nitrogens with zero attached hydrogens (tertiary/aromatic N) is 2. The van der Waals surface area contributed by atoms with Gasteiger partial charge in [0.05, 0.1) is 5.69 Å². The second kappa shape index (κ2) is 5.62. The molecule has 1 atom stereocenters. The number of pyridine rings is 1. The van der Waals surface area contributed by atoms with Gasteiger partial charge >= 0.3 is 0 Å². The number of imidazole rings is 1. The molecule has 3 aromatic rings. The van der Waals surface area contributed by atoms with Crippen LogP contribution in [0.25, 0.3) is 5.65 Å². The van der Waals surface area contributed by atoms with Gasteiger partial charge in [0, 0.05) is 18.1 Å². The van der Waals surface area contributed by atoms with Gasteiger partial charge in [0.15, 0.2) is 6.10 Å². The predicted molar refractivity (Wildman–Crippen MR) is 93.0 cm³/mol. The molecule has 7 nitrogen and oxygen atoms in total. The molecular weight excluding hydrogens is 320 g/mol. The van der Waals surface area contributed by atoms with Crippen molar-refractivity contribution in [3.8, 4) is 5.75 Å². The van der Waals surface area contributed by atoms with Crippen LogP contribution in [-0.2, 0) is 4.79 Å². The maximum atomic E-state index is 12.4. The molecule has 0 radical (unpaired) electrons. The van der Waals surface area contributed by atoms with Gasteiger partial charge in [-0.25, -0.2) is 4.98 Å². The van der Waals surface area contributed by atoms with Crippen LogP contribution < -0.4 is 15.4 Å². The minimum atomic E-state index is -0.533.